The van der Waals surface area contributed by atoms with Gasteiger partial charge in [0.2, 0.25) is 5.88 Å². The predicted octanol–water partition coefficient (Wildman–Crippen LogP) is 4.71. The van der Waals surface area contributed by atoms with E-state index in [1.807, 2.05) is 19.1 Å². The summed E-state index contributed by atoms with van der Waals surface area (Å²) < 4.78 is 28.0. The van der Waals surface area contributed by atoms with E-state index in [4.69, 9.17) is 15.2 Å². The Kier molecular flexibility index (Phi) is 5.06. The van der Waals surface area contributed by atoms with Gasteiger partial charge in [-0.05, 0) is 43.3 Å². The third kappa shape index (κ3) is 3.69. The summed E-state index contributed by atoms with van der Waals surface area (Å²) in [6.07, 6.45) is 3.04. The van der Waals surface area contributed by atoms with Crippen LogP contribution in [-0.4, -0.2) is 31.6 Å². The molecule has 0 atom stereocenters. The molecular formula is C24H19FN6O2. The Morgan fingerprint density at radius 2 is 1.85 bits per heavy atom. The molecule has 0 radical (unpaired) electrons. The van der Waals surface area contributed by atoms with Gasteiger partial charge in [-0.3, -0.25) is 4.98 Å². The summed E-state index contributed by atoms with van der Waals surface area (Å²) in [5.41, 5.74) is 9.77. The average molecular weight is 442 g/mol. The largest absolute Gasteiger partial charge is 0.494 e. The molecule has 0 aliphatic rings. The molecule has 2 N–H and O–H groups in total. The number of nitrogen functional groups attached to an aromatic ring is 1. The maximum absolute atomic E-state index is 15.1. The van der Waals surface area contributed by atoms with Crippen molar-refractivity contribution in [1.82, 2.24) is 24.5 Å². The number of halogens is 1. The molecule has 5 rings (SSSR count). The van der Waals surface area contributed by atoms with E-state index >= 15 is 4.39 Å². The minimum atomic E-state index is -0.563. The van der Waals surface area contributed by atoms with Crippen LogP contribution in [0.4, 0.5) is 10.2 Å². The molecule has 4 heterocycles. The molecule has 0 amide bonds. The lowest BCUT2D eigenvalue weighted by atomic mass is 10.2. The molecule has 8 nitrogen and oxygen atoms in total. The van der Waals surface area contributed by atoms with E-state index < -0.39 is 5.82 Å². The van der Waals surface area contributed by atoms with Crippen LogP contribution in [0.25, 0.3) is 28.1 Å². The second kappa shape index (κ2) is 8.19. The minimum Gasteiger partial charge on any atom is -0.494 e. The summed E-state index contributed by atoms with van der Waals surface area (Å²) in [4.78, 5) is 17.2. The topological polar surface area (TPSA) is 101 Å². The molecule has 0 spiro atoms. The normalized spacial score (nSPS) is 11.0. The lowest BCUT2D eigenvalue weighted by Crippen LogP contribution is -2.03. The van der Waals surface area contributed by atoms with Crippen LogP contribution in [0, 0.1) is 12.7 Å². The Morgan fingerprint density at radius 1 is 0.970 bits per heavy atom. The van der Waals surface area contributed by atoms with Crippen molar-refractivity contribution in [1.29, 1.82) is 0 Å². The van der Waals surface area contributed by atoms with E-state index in [1.54, 1.807) is 54.3 Å². The molecule has 0 unspecified atom stereocenters. The molecular weight excluding hydrogens is 423 g/mol. The number of nitrogens with zero attached hydrogens (tertiary/aromatic N) is 5. The Balaban J connectivity index is 1.67. The zero-order chi connectivity index (χ0) is 22.9. The molecule has 33 heavy (non-hydrogen) atoms. The minimum absolute atomic E-state index is 0.0505. The Morgan fingerprint density at radius 3 is 2.64 bits per heavy atom. The first-order valence-electron chi connectivity index (χ1n) is 10.1. The van der Waals surface area contributed by atoms with Crippen molar-refractivity contribution in [3.63, 3.8) is 0 Å². The van der Waals surface area contributed by atoms with Gasteiger partial charge in [0, 0.05) is 29.7 Å². The van der Waals surface area contributed by atoms with E-state index in [0.29, 0.717) is 39.7 Å². The number of fused-ring (bicyclic) bond motifs is 1. The van der Waals surface area contributed by atoms with Crippen molar-refractivity contribution in [2.75, 3.05) is 12.8 Å². The first kappa shape index (κ1) is 20.4. The standard InChI is InChI=1S/C24H19FN6O2/c1-14-5-3-7-21(30-14)33-19-9-8-15(11-16(19)25)31-18(22-20(32-2)6-4-10-27-22)12-17-23(31)24(26)29-13-28-17/h3-13H,1-2H3,(H2,26,28,29). The summed E-state index contributed by atoms with van der Waals surface area (Å²) in [5.74, 6) is 0.607. The van der Waals surface area contributed by atoms with Crippen molar-refractivity contribution in [2.24, 2.45) is 0 Å². The van der Waals surface area contributed by atoms with Crippen molar-refractivity contribution >= 4 is 16.9 Å². The predicted molar refractivity (Wildman–Crippen MR) is 122 cm³/mol. The van der Waals surface area contributed by atoms with Crippen LogP contribution in [0.5, 0.6) is 17.4 Å². The van der Waals surface area contributed by atoms with Gasteiger partial charge in [0.05, 0.1) is 18.3 Å². The van der Waals surface area contributed by atoms with Crippen LogP contribution in [0.15, 0.2) is 67.1 Å². The highest BCUT2D eigenvalue weighted by Gasteiger charge is 2.20. The van der Waals surface area contributed by atoms with Gasteiger partial charge in [-0.1, -0.05) is 6.07 Å². The van der Waals surface area contributed by atoms with E-state index in [9.17, 15) is 0 Å². The Labute approximate surface area is 188 Å². The number of methoxy groups -OCH3 is 1. The first-order chi connectivity index (χ1) is 16.0. The summed E-state index contributed by atoms with van der Waals surface area (Å²) in [5, 5.41) is 0. The number of anilines is 1. The van der Waals surface area contributed by atoms with Crippen molar-refractivity contribution in [2.45, 2.75) is 6.92 Å². The first-order valence-corrected chi connectivity index (χ1v) is 10.1. The zero-order valence-corrected chi connectivity index (χ0v) is 17.9. The van der Waals surface area contributed by atoms with Gasteiger partial charge in [0.15, 0.2) is 17.4 Å². The average Bonchev–Trinajstić information content (AvgIpc) is 3.21. The zero-order valence-electron chi connectivity index (χ0n) is 17.9. The second-order valence-electron chi connectivity index (χ2n) is 7.25. The number of pyridine rings is 2. The van der Waals surface area contributed by atoms with E-state index in [1.165, 1.54) is 12.4 Å². The fourth-order valence-corrected chi connectivity index (χ4v) is 3.65. The molecule has 1 aromatic carbocycles. The van der Waals surface area contributed by atoms with Crippen LogP contribution in [0.2, 0.25) is 0 Å². The summed E-state index contributed by atoms with van der Waals surface area (Å²) in [6.45, 7) is 1.84. The second-order valence-corrected chi connectivity index (χ2v) is 7.25. The lowest BCUT2D eigenvalue weighted by molar-refractivity contribution is 0.414. The molecule has 164 valence electrons. The third-order valence-electron chi connectivity index (χ3n) is 5.10. The van der Waals surface area contributed by atoms with Crippen LogP contribution in [0.1, 0.15) is 5.69 Å². The van der Waals surface area contributed by atoms with E-state index in [0.717, 1.165) is 5.69 Å². The smallest absolute Gasteiger partial charge is 0.219 e. The summed E-state index contributed by atoms with van der Waals surface area (Å²) >= 11 is 0. The number of aryl methyl sites for hydroxylation is 1. The van der Waals surface area contributed by atoms with Crippen LogP contribution in [0.3, 0.4) is 0 Å². The third-order valence-corrected chi connectivity index (χ3v) is 5.10. The molecule has 5 aromatic rings. The summed E-state index contributed by atoms with van der Waals surface area (Å²) in [7, 11) is 1.56. The number of hydrogen-bond donors (Lipinski definition) is 1. The van der Waals surface area contributed by atoms with Gasteiger partial charge in [-0.15, -0.1) is 0 Å². The van der Waals surface area contributed by atoms with Gasteiger partial charge >= 0.3 is 0 Å². The highest BCUT2D eigenvalue weighted by molar-refractivity contribution is 5.92. The van der Waals surface area contributed by atoms with Gasteiger partial charge in [0.25, 0.3) is 0 Å². The van der Waals surface area contributed by atoms with Gasteiger partial charge in [-0.25, -0.2) is 19.3 Å². The Bertz CT molecular complexity index is 1480. The van der Waals surface area contributed by atoms with Gasteiger partial charge in [0.1, 0.15) is 23.3 Å². The molecule has 9 heteroatoms. The molecule has 0 aliphatic carbocycles. The lowest BCUT2D eigenvalue weighted by Gasteiger charge is -2.14. The highest BCUT2D eigenvalue weighted by Crippen LogP contribution is 2.36. The quantitative estimate of drug-likeness (QED) is 0.421. The van der Waals surface area contributed by atoms with Gasteiger partial charge in [-0.2, -0.15) is 0 Å². The van der Waals surface area contributed by atoms with E-state index in [-0.39, 0.29) is 11.6 Å². The molecule has 0 saturated carbocycles. The molecule has 0 aliphatic heterocycles. The summed E-state index contributed by atoms with van der Waals surface area (Å²) in [6, 6.07) is 15.3. The number of rotatable bonds is 5. The number of aromatic nitrogens is 5. The highest BCUT2D eigenvalue weighted by atomic mass is 19.1. The number of hydrogen-bond acceptors (Lipinski definition) is 7. The van der Waals surface area contributed by atoms with Crippen LogP contribution in [-0.2, 0) is 0 Å². The molecule has 0 bridgehead atoms. The van der Waals surface area contributed by atoms with Crippen LogP contribution >= 0.6 is 0 Å². The maximum Gasteiger partial charge on any atom is 0.219 e. The number of nitrogens with two attached hydrogens (primary N) is 1. The monoisotopic (exact) mass is 442 g/mol. The maximum atomic E-state index is 15.1. The van der Waals surface area contributed by atoms with Crippen molar-refractivity contribution in [3.8, 4) is 34.5 Å². The Hall–Kier alpha value is -4.53. The number of benzene rings is 1. The van der Waals surface area contributed by atoms with Crippen molar-refractivity contribution < 1.29 is 13.9 Å². The molecule has 4 aromatic heterocycles. The van der Waals surface area contributed by atoms with Gasteiger partial charge < -0.3 is 19.8 Å². The fourth-order valence-electron chi connectivity index (χ4n) is 3.65. The molecule has 0 fully saturated rings. The fraction of sp³-hybridized carbons (Fsp3) is 0.0833. The van der Waals surface area contributed by atoms with E-state index in [2.05, 4.69) is 19.9 Å². The van der Waals surface area contributed by atoms with Crippen molar-refractivity contribution in [3.05, 3.63) is 78.6 Å². The van der Waals surface area contributed by atoms with Crippen LogP contribution < -0.4 is 15.2 Å². The SMILES string of the molecule is COc1cccnc1-c1cc2ncnc(N)c2n1-c1ccc(Oc2cccc(C)n2)c(F)c1. The molecule has 0 saturated heterocycles. The number of ether oxygens (including phenoxy) is 2.